The molecule has 0 radical (unpaired) electrons. The Bertz CT molecular complexity index is 512. The monoisotopic (exact) mass is 243 g/mol. The third-order valence-corrected chi connectivity index (χ3v) is 2.89. The molecule has 0 saturated carbocycles. The third-order valence-electron chi connectivity index (χ3n) is 2.89. The van der Waals surface area contributed by atoms with Crippen LogP contribution in [-0.2, 0) is 0 Å². The molecule has 4 heteroatoms. The van der Waals surface area contributed by atoms with Crippen molar-refractivity contribution in [1.82, 2.24) is 10.2 Å². The summed E-state index contributed by atoms with van der Waals surface area (Å²) in [6.07, 6.45) is 3.68. The Hall–Kier alpha value is -2.23. The molecule has 0 aromatic heterocycles. The lowest BCUT2D eigenvalue weighted by Crippen LogP contribution is -2.21. The maximum Gasteiger partial charge on any atom is 0.253 e. The highest BCUT2D eigenvalue weighted by atomic mass is 16.2. The van der Waals surface area contributed by atoms with Crippen molar-refractivity contribution in [3.8, 4) is 0 Å². The highest BCUT2D eigenvalue weighted by Crippen LogP contribution is 2.19. The number of allylic oxidation sites excluding steroid dienone is 1. The van der Waals surface area contributed by atoms with Crippen LogP contribution in [0.25, 0.3) is 5.57 Å². The van der Waals surface area contributed by atoms with E-state index in [0.717, 1.165) is 16.8 Å². The Balaban J connectivity index is 2.28. The summed E-state index contributed by atoms with van der Waals surface area (Å²) in [5, 5.41) is 3.13. The zero-order valence-electron chi connectivity index (χ0n) is 10.6. The van der Waals surface area contributed by atoms with Crippen molar-refractivity contribution >= 4 is 11.5 Å². The molecule has 0 atom stereocenters. The maximum atomic E-state index is 11.8. The van der Waals surface area contributed by atoms with Gasteiger partial charge in [-0.1, -0.05) is 12.1 Å². The van der Waals surface area contributed by atoms with E-state index in [2.05, 4.69) is 5.32 Å². The first-order chi connectivity index (χ1) is 8.59. The minimum atomic E-state index is 0.00478. The average Bonchev–Trinajstić information content (AvgIpc) is 2.38. The Morgan fingerprint density at radius 3 is 2.50 bits per heavy atom. The van der Waals surface area contributed by atoms with E-state index in [4.69, 9.17) is 5.73 Å². The number of nitrogens with two attached hydrogens (primary N) is 1. The highest BCUT2D eigenvalue weighted by molar-refractivity contribution is 5.94. The van der Waals surface area contributed by atoms with E-state index >= 15 is 0 Å². The van der Waals surface area contributed by atoms with Crippen LogP contribution in [0.5, 0.6) is 0 Å². The topological polar surface area (TPSA) is 58.4 Å². The number of hydrogen-bond acceptors (Lipinski definition) is 3. The van der Waals surface area contributed by atoms with Gasteiger partial charge in [0.25, 0.3) is 5.91 Å². The lowest BCUT2D eigenvalue weighted by molar-refractivity contribution is 0.0827. The fraction of sp³-hybridized carbons (Fsp3) is 0.214. The summed E-state index contributed by atoms with van der Waals surface area (Å²) in [5.74, 6) is 0.00478. The van der Waals surface area contributed by atoms with Crippen LogP contribution in [0.4, 0.5) is 0 Å². The van der Waals surface area contributed by atoms with Crippen molar-refractivity contribution in [3.63, 3.8) is 0 Å². The lowest BCUT2D eigenvalue weighted by Gasteiger charge is -2.15. The van der Waals surface area contributed by atoms with Gasteiger partial charge in [-0.3, -0.25) is 4.79 Å². The highest BCUT2D eigenvalue weighted by Gasteiger charge is 2.11. The van der Waals surface area contributed by atoms with E-state index in [1.165, 1.54) is 0 Å². The van der Waals surface area contributed by atoms with Crippen LogP contribution >= 0.6 is 0 Å². The van der Waals surface area contributed by atoms with Gasteiger partial charge in [-0.05, 0) is 30.0 Å². The number of dihydropyridines is 1. The normalized spacial score (nSPS) is 14.3. The van der Waals surface area contributed by atoms with E-state index in [0.29, 0.717) is 12.1 Å². The summed E-state index contributed by atoms with van der Waals surface area (Å²) in [6, 6.07) is 7.52. The van der Waals surface area contributed by atoms with Crippen LogP contribution in [0.15, 0.2) is 42.2 Å². The molecule has 0 bridgehead atoms. The molecule has 0 spiro atoms. The molecule has 1 heterocycles. The number of benzene rings is 1. The zero-order valence-corrected chi connectivity index (χ0v) is 10.6. The van der Waals surface area contributed by atoms with E-state index < -0.39 is 0 Å². The second-order valence-electron chi connectivity index (χ2n) is 4.43. The molecular weight excluding hydrogens is 226 g/mol. The van der Waals surface area contributed by atoms with Gasteiger partial charge in [-0.15, -0.1) is 0 Å². The molecule has 0 aliphatic carbocycles. The van der Waals surface area contributed by atoms with Crippen LogP contribution < -0.4 is 11.1 Å². The first-order valence-electron chi connectivity index (χ1n) is 5.80. The van der Waals surface area contributed by atoms with E-state index in [9.17, 15) is 4.79 Å². The van der Waals surface area contributed by atoms with Gasteiger partial charge in [0.15, 0.2) is 0 Å². The molecule has 1 aromatic carbocycles. The van der Waals surface area contributed by atoms with E-state index in [1.807, 2.05) is 36.5 Å². The van der Waals surface area contributed by atoms with Crippen LogP contribution in [0.3, 0.4) is 0 Å². The number of hydrogen-bond donors (Lipinski definition) is 2. The van der Waals surface area contributed by atoms with Gasteiger partial charge in [-0.25, -0.2) is 0 Å². The second kappa shape index (κ2) is 4.96. The number of nitrogens with zero attached hydrogens (tertiary/aromatic N) is 1. The predicted molar refractivity (Wildman–Crippen MR) is 72.7 cm³/mol. The molecule has 0 unspecified atom stereocenters. The molecular formula is C14H17N3O. The van der Waals surface area contributed by atoms with Crippen molar-refractivity contribution in [2.75, 3.05) is 20.6 Å². The number of carbonyl (C=O) groups is 1. The van der Waals surface area contributed by atoms with Crippen molar-refractivity contribution in [1.29, 1.82) is 0 Å². The van der Waals surface area contributed by atoms with Gasteiger partial charge in [0.1, 0.15) is 0 Å². The van der Waals surface area contributed by atoms with Crippen molar-refractivity contribution in [2.24, 2.45) is 5.73 Å². The Morgan fingerprint density at radius 2 is 1.94 bits per heavy atom. The standard InChI is InChI=1S/C14H17N3O/c1-17(2)14(18)11-5-3-10(4-6-11)12-9-16-8-7-13(12)15/h3-8,16H,9,15H2,1-2H3. The molecule has 1 aliphatic heterocycles. The van der Waals surface area contributed by atoms with Gasteiger partial charge in [-0.2, -0.15) is 0 Å². The SMILES string of the molecule is CN(C)C(=O)c1ccc(C2=C(N)C=CNC2)cc1. The van der Waals surface area contributed by atoms with Crippen molar-refractivity contribution in [3.05, 3.63) is 53.4 Å². The summed E-state index contributed by atoms with van der Waals surface area (Å²) < 4.78 is 0. The van der Waals surface area contributed by atoms with E-state index in [1.54, 1.807) is 19.0 Å². The zero-order chi connectivity index (χ0) is 13.1. The fourth-order valence-corrected chi connectivity index (χ4v) is 1.85. The fourth-order valence-electron chi connectivity index (χ4n) is 1.85. The largest absolute Gasteiger partial charge is 0.398 e. The Kier molecular flexibility index (Phi) is 3.37. The van der Waals surface area contributed by atoms with Crippen molar-refractivity contribution in [2.45, 2.75) is 0 Å². The third kappa shape index (κ3) is 2.37. The summed E-state index contributed by atoms with van der Waals surface area (Å²) in [5.41, 5.74) is 9.48. The van der Waals surface area contributed by atoms with E-state index in [-0.39, 0.29) is 5.91 Å². The van der Waals surface area contributed by atoms with Crippen LogP contribution in [-0.4, -0.2) is 31.4 Å². The summed E-state index contributed by atoms with van der Waals surface area (Å²) >= 11 is 0. The minimum absolute atomic E-state index is 0.00478. The number of amides is 1. The molecule has 1 amide bonds. The van der Waals surface area contributed by atoms with Crippen LogP contribution in [0.2, 0.25) is 0 Å². The molecule has 3 N–H and O–H groups in total. The smallest absolute Gasteiger partial charge is 0.253 e. The molecule has 94 valence electrons. The molecule has 1 aromatic rings. The number of carbonyl (C=O) groups excluding carboxylic acids is 1. The molecule has 0 fully saturated rings. The lowest BCUT2D eigenvalue weighted by atomic mass is 10.0. The number of rotatable bonds is 2. The van der Waals surface area contributed by atoms with Crippen LogP contribution in [0, 0.1) is 0 Å². The molecule has 2 rings (SSSR count). The summed E-state index contributed by atoms with van der Waals surface area (Å²) in [4.78, 5) is 13.3. The average molecular weight is 243 g/mol. The summed E-state index contributed by atoms with van der Waals surface area (Å²) in [6.45, 7) is 0.712. The molecule has 1 aliphatic rings. The predicted octanol–water partition coefficient (Wildman–Crippen LogP) is 1.18. The summed E-state index contributed by atoms with van der Waals surface area (Å²) in [7, 11) is 3.49. The van der Waals surface area contributed by atoms with Gasteiger partial charge in [0.2, 0.25) is 0 Å². The molecule has 18 heavy (non-hydrogen) atoms. The van der Waals surface area contributed by atoms with Gasteiger partial charge in [0, 0.05) is 37.5 Å². The molecule has 0 saturated heterocycles. The Morgan fingerprint density at radius 1 is 1.28 bits per heavy atom. The minimum Gasteiger partial charge on any atom is -0.398 e. The molecule has 4 nitrogen and oxygen atoms in total. The van der Waals surface area contributed by atoms with Gasteiger partial charge >= 0.3 is 0 Å². The number of nitrogens with one attached hydrogen (secondary N) is 1. The van der Waals surface area contributed by atoms with Crippen molar-refractivity contribution < 1.29 is 4.79 Å². The first-order valence-corrected chi connectivity index (χ1v) is 5.80. The van der Waals surface area contributed by atoms with Crippen LogP contribution in [0.1, 0.15) is 15.9 Å². The Labute approximate surface area is 107 Å². The first kappa shape index (κ1) is 12.2. The van der Waals surface area contributed by atoms with Gasteiger partial charge in [0.05, 0.1) is 0 Å². The maximum absolute atomic E-state index is 11.8. The quantitative estimate of drug-likeness (QED) is 0.820. The van der Waals surface area contributed by atoms with Gasteiger partial charge < -0.3 is 16.0 Å². The second-order valence-corrected chi connectivity index (χ2v) is 4.43.